The number of amides is 2. The van der Waals surface area contributed by atoms with Gasteiger partial charge in [0.05, 0.1) is 35.6 Å². The van der Waals surface area contributed by atoms with Crippen molar-refractivity contribution < 1.29 is 28.3 Å². The molecule has 8 rings (SSSR count). The zero-order valence-corrected chi connectivity index (χ0v) is 29.5. The van der Waals surface area contributed by atoms with Crippen molar-refractivity contribution >= 4 is 37.3 Å². The summed E-state index contributed by atoms with van der Waals surface area (Å²) in [6.07, 6.45) is 1.60. The molecule has 12 heteroatoms. The minimum Gasteiger partial charge on any atom is -0.454 e. The minimum atomic E-state index is -3.41. The van der Waals surface area contributed by atoms with Crippen LogP contribution in [0.5, 0.6) is 11.5 Å². The molecule has 0 saturated carbocycles. The van der Waals surface area contributed by atoms with Crippen molar-refractivity contribution in [3.63, 3.8) is 0 Å². The van der Waals surface area contributed by atoms with Crippen LogP contribution in [0.4, 0.5) is 21.2 Å². The van der Waals surface area contributed by atoms with Gasteiger partial charge < -0.3 is 24.0 Å². The van der Waals surface area contributed by atoms with E-state index in [0.717, 1.165) is 5.56 Å². The molecule has 0 aliphatic carbocycles. The molecule has 260 valence electrons. The molecule has 5 aromatic rings. The van der Waals surface area contributed by atoms with Gasteiger partial charge in [-0.1, -0.05) is 66.7 Å². The second-order valence-electron chi connectivity index (χ2n) is 14.0. The molecule has 5 atom stereocenters. The number of aliphatic hydroxyl groups is 1. The number of nitrogens with one attached hydrogen (secondary N) is 1. The molecule has 4 aromatic carbocycles. The highest BCUT2D eigenvalue weighted by Crippen LogP contribution is 2.59. The van der Waals surface area contributed by atoms with Gasteiger partial charge >= 0.3 is 0 Å². The fourth-order valence-corrected chi connectivity index (χ4v) is 10.8. The fourth-order valence-electron chi connectivity index (χ4n) is 8.23. The zero-order valence-electron chi connectivity index (χ0n) is 28.5. The lowest BCUT2D eigenvalue weighted by atomic mass is 9.82. The Morgan fingerprint density at radius 1 is 0.980 bits per heavy atom. The summed E-state index contributed by atoms with van der Waals surface area (Å²) in [5.74, 6) is -0.496. The highest BCUT2D eigenvalue weighted by molar-refractivity contribution is 6.72. The summed E-state index contributed by atoms with van der Waals surface area (Å²) in [5.41, 5.74) is 2.20. The standard InChI is InChI=1S/C39H38FN5O5Si/c1-24-36(51(2,3)40)35(19-20-44-22-31(42-43-44)28(23-46)25-11-5-4-6-12-25)50-39(24)29-21-26(17-18-30(29)41-38(39)48)45-32-14-8-10-16-34(32)49-33-15-9-7-13-27(33)37(45)47/h4-18,21-22,24,28,35-36,46H,19-20,23H2,1-3H3,(H,41,48)/t24-,28?,35+,36-,39+/m1/s1. The highest BCUT2D eigenvalue weighted by Gasteiger charge is 2.65. The van der Waals surface area contributed by atoms with Gasteiger partial charge in [0.2, 0.25) is 8.41 Å². The lowest BCUT2D eigenvalue weighted by Crippen LogP contribution is -2.42. The molecular formula is C39H38FN5O5Si. The predicted octanol–water partition coefficient (Wildman–Crippen LogP) is 7.30. The summed E-state index contributed by atoms with van der Waals surface area (Å²) in [6.45, 7) is 5.48. The normalized spacial score (nSPS) is 22.9. The number of fused-ring (bicyclic) bond motifs is 4. The van der Waals surface area contributed by atoms with Gasteiger partial charge in [0.15, 0.2) is 11.4 Å². The Morgan fingerprint density at radius 3 is 2.47 bits per heavy atom. The number of aromatic nitrogens is 3. The van der Waals surface area contributed by atoms with E-state index in [2.05, 4.69) is 15.6 Å². The average molecular weight is 704 g/mol. The SMILES string of the molecule is C[C@@H]1[C@@H]([Si](C)(C)F)[C@H](CCn2cc(C(CO)c3ccccc3)nn2)O[C@@]12C(=O)Nc1ccc(N3C(=O)c4ccccc4Oc4ccccc43)cc12. The molecule has 1 spiro atoms. The molecule has 1 saturated heterocycles. The smallest absolute Gasteiger partial charge is 0.266 e. The van der Waals surface area contributed by atoms with Gasteiger partial charge in [-0.3, -0.25) is 19.2 Å². The van der Waals surface area contributed by atoms with Gasteiger partial charge in [-0.2, -0.15) is 0 Å². The van der Waals surface area contributed by atoms with Crippen molar-refractivity contribution in [3.8, 4) is 11.5 Å². The van der Waals surface area contributed by atoms with Gasteiger partial charge in [0.1, 0.15) is 5.75 Å². The Morgan fingerprint density at radius 2 is 1.71 bits per heavy atom. The molecule has 0 bridgehead atoms. The average Bonchev–Trinajstić information content (AvgIpc) is 3.77. The van der Waals surface area contributed by atoms with Crippen LogP contribution >= 0.6 is 0 Å². The number of halogens is 1. The number of aryl methyl sites for hydroxylation is 1. The van der Waals surface area contributed by atoms with E-state index in [9.17, 15) is 14.7 Å². The number of ether oxygens (including phenoxy) is 2. The van der Waals surface area contributed by atoms with Crippen LogP contribution in [-0.4, -0.2) is 53.0 Å². The molecule has 1 aromatic heterocycles. The Balaban J connectivity index is 1.13. The van der Waals surface area contributed by atoms with E-state index >= 15 is 4.11 Å². The van der Waals surface area contributed by atoms with E-state index in [1.54, 1.807) is 59.2 Å². The van der Waals surface area contributed by atoms with Crippen LogP contribution in [0, 0.1) is 5.92 Å². The van der Waals surface area contributed by atoms with Crippen molar-refractivity contribution in [1.29, 1.82) is 0 Å². The summed E-state index contributed by atoms with van der Waals surface area (Å²) < 4.78 is 31.1. The third-order valence-electron chi connectivity index (χ3n) is 10.5. The van der Waals surface area contributed by atoms with Crippen molar-refractivity contribution in [3.05, 3.63) is 126 Å². The Kier molecular flexibility index (Phi) is 8.12. The zero-order chi connectivity index (χ0) is 35.5. The van der Waals surface area contributed by atoms with Gasteiger partial charge in [0.25, 0.3) is 11.8 Å². The van der Waals surface area contributed by atoms with E-state index in [1.165, 1.54) is 0 Å². The minimum absolute atomic E-state index is 0.122. The molecule has 3 aliphatic heterocycles. The molecular weight excluding hydrogens is 666 g/mol. The second kappa shape index (κ2) is 12.6. The monoisotopic (exact) mass is 703 g/mol. The third kappa shape index (κ3) is 5.45. The van der Waals surface area contributed by atoms with Crippen LogP contribution in [0.15, 0.2) is 103 Å². The summed E-state index contributed by atoms with van der Waals surface area (Å²) in [5, 5.41) is 21.8. The first kappa shape index (κ1) is 33.0. The maximum Gasteiger partial charge on any atom is 0.266 e. The van der Waals surface area contributed by atoms with E-state index < -0.39 is 31.6 Å². The van der Waals surface area contributed by atoms with Gasteiger partial charge in [-0.25, -0.2) is 0 Å². The first-order chi connectivity index (χ1) is 24.6. The van der Waals surface area contributed by atoms with Crippen LogP contribution in [0.3, 0.4) is 0 Å². The van der Waals surface area contributed by atoms with Gasteiger partial charge in [-0.05, 0) is 67.5 Å². The quantitative estimate of drug-likeness (QED) is 0.129. The number of hydrogen-bond acceptors (Lipinski definition) is 7. The summed E-state index contributed by atoms with van der Waals surface area (Å²) in [6, 6.07) is 29.4. The number of anilines is 3. The fraction of sp³-hybridized carbons (Fsp3) is 0.282. The van der Waals surface area contributed by atoms with E-state index in [4.69, 9.17) is 9.47 Å². The largest absolute Gasteiger partial charge is 0.454 e. The number of carbonyl (C=O) groups excluding carboxylic acids is 2. The first-order valence-electron chi connectivity index (χ1n) is 17.2. The predicted molar refractivity (Wildman–Crippen MR) is 193 cm³/mol. The lowest BCUT2D eigenvalue weighted by Gasteiger charge is -2.31. The number of para-hydroxylation sites is 3. The molecule has 4 heterocycles. The topological polar surface area (TPSA) is 119 Å². The van der Waals surface area contributed by atoms with Crippen LogP contribution in [0.1, 0.15) is 46.4 Å². The van der Waals surface area contributed by atoms with E-state index in [0.29, 0.717) is 58.3 Å². The van der Waals surface area contributed by atoms with Crippen molar-refractivity contribution in [2.75, 3.05) is 16.8 Å². The first-order valence-corrected chi connectivity index (χ1v) is 20.1. The van der Waals surface area contributed by atoms with Crippen LogP contribution in [0.25, 0.3) is 0 Å². The number of benzene rings is 4. The molecule has 2 amide bonds. The third-order valence-corrected chi connectivity index (χ3v) is 13.0. The van der Waals surface area contributed by atoms with Crippen LogP contribution in [-0.2, 0) is 21.7 Å². The van der Waals surface area contributed by atoms with E-state index in [1.807, 2.05) is 73.7 Å². The van der Waals surface area contributed by atoms with Crippen molar-refractivity contribution in [2.45, 2.75) is 56.1 Å². The summed E-state index contributed by atoms with van der Waals surface area (Å²) in [4.78, 5) is 29.9. The molecule has 1 unspecified atom stereocenters. The number of nitrogens with zero attached hydrogens (tertiary/aromatic N) is 4. The highest BCUT2D eigenvalue weighted by atomic mass is 28.4. The molecule has 1 fully saturated rings. The van der Waals surface area contributed by atoms with Crippen LogP contribution in [0.2, 0.25) is 18.6 Å². The summed E-state index contributed by atoms with van der Waals surface area (Å²) in [7, 11) is -3.41. The Hall–Kier alpha value is -5.17. The lowest BCUT2D eigenvalue weighted by molar-refractivity contribution is -0.143. The Labute approximate surface area is 296 Å². The van der Waals surface area contributed by atoms with Gasteiger partial charge in [0, 0.05) is 41.1 Å². The van der Waals surface area contributed by atoms with E-state index in [-0.39, 0.29) is 24.3 Å². The van der Waals surface area contributed by atoms with Crippen molar-refractivity contribution in [2.24, 2.45) is 5.92 Å². The van der Waals surface area contributed by atoms with Gasteiger partial charge in [-0.15, -0.1) is 5.10 Å². The Bertz CT molecular complexity index is 2140. The number of rotatable bonds is 8. The second-order valence-corrected chi connectivity index (χ2v) is 17.8. The molecule has 0 radical (unpaired) electrons. The van der Waals surface area contributed by atoms with Crippen LogP contribution < -0.4 is 15.0 Å². The molecule has 10 nitrogen and oxygen atoms in total. The maximum atomic E-state index is 16.4. The molecule has 3 aliphatic rings. The number of carbonyl (C=O) groups is 2. The summed E-state index contributed by atoms with van der Waals surface area (Å²) >= 11 is 0. The maximum absolute atomic E-state index is 16.4. The molecule has 51 heavy (non-hydrogen) atoms. The van der Waals surface area contributed by atoms with Crippen molar-refractivity contribution in [1.82, 2.24) is 15.0 Å². The molecule has 2 N–H and O–H groups in total. The number of hydrogen-bond donors (Lipinski definition) is 2. The number of aliphatic hydroxyl groups excluding tert-OH is 1.